The summed E-state index contributed by atoms with van der Waals surface area (Å²) in [6, 6.07) is 0. The van der Waals surface area contributed by atoms with Crippen LogP contribution < -0.4 is 0 Å². The smallest absolute Gasteiger partial charge is 0.231 e. The SMILES string of the molecule is CC(C)CCC(C)(OO)OOCOO. The van der Waals surface area contributed by atoms with Crippen LogP contribution in [0, 0.1) is 5.92 Å². The van der Waals surface area contributed by atoms with Gasteiger partial charge in [-0.1, -0.05) is 13.8 Å². The van der Waals surface area contributed by atoms with Crippen LogP contribution in [0.3, 0.4) is 0 Å². The van der Waals surface area contributed by atoms with E-state index in [0.29, 0.717) is 12.3 Å². The van der Waals surface area contributed by atoms with Crippen molar-refractivity contribution in [1.82, 2.24) is 0 Å². The van der Waals surface area contributed by atoms with Gasteiger partial charge in [-0.2, -0.15) is 4.89 Å². The Balaban J connectivity index is 3.79. The Morgan fingerprint density at radius 1 is 1.29 bits per heavy atom. The molecule has 2 N–H and O–H groups in total. The largest absolute Gasteiger partial charge is 0.249 e. The highest BCUT2D eigenvalue weighted by molar-refractivity contribution is 4.60. The molecule has 14 heavy (non-hydrogen) atoms. The van der Waals surface area contributed by atoms with E-state index in [2.05, 4.69) is 14.7 Å². The maximum absolute atomic E-state index is 8.59. The van der Waals surface area contributed by atoms with Crippen molar-refractivity contribution in [2.24, 2.45) is 5.92 Å². The summed E-state index contributed by atoms with van der Waals surface area (Å²) >= 11 is 0. The molecule has 0 spiro atoms. The first-order valence-corrected chi connectivity index (χ1v) is 4.43. The van der Waals surface area contributed by atoms with E-state index in [1.165, 1.54) is 6.92 Å². The van der Waals surface area contributed by atoms with E-state index in [1.54, 1.807) is 0 Å². The molecule has 0 aliphatic carbocycles. The Bertz CT molecular complexity index is 140. The third-order valence-corrected chi connectivity index (χ3v) is 1.70. The Morgan fingerprint density at radius 3 is 2.36 bits per heavy atom. The average Bonchev–Trinajstić information content (AvgIpc) is 2.15. The van der Waals surface area contributed by atoms with E-state index in [9.17, 15) is 0 Å². The lowest BCUT2D eigenvalue weighted by atomic mass is 10.0. The highest BCUT2D eigenvalue weighted by Gasteiger charge is 2.28. The molecule has 0 aliphatic heterocycles. The third kappa shape index (κ3) is 6.25. The lowest BCUT2D eigenvalue weighted by molar-refractivity contribution is -0.520. The van der Waals surface area contributed by atoms with Gasteiger partial charge in [-0.15, -0.1) is 0 Å². The molecule has 0 aromatic carbocycles. The fraction of sp³-hybridized carbons (Fsp3) is 1.00. The second kappa shape index (κ2) is 7.10. The van der Waals surface area contributed by atoms with Gasteiger partial charge in [0.1, 0.15) is 0 Å². The van der Waals surface area contributed by atoms with Crippen molar-refractivity contribution >= 4 is 0 Å². The summed E-state index contributed by atoms with van der Waals surface area (Å²) in [6.07, 6.45) is 1.27. The minimum absolute atomic E-state index is 0.444. The van der Waals surface area contributed by atoms with Gasteiger partial charge in [-0.25, -0.2) is 25.2 Å². The summed E-state index contributed by atoms with van der Waals surface area (Å²) in [7, 11) is 0. The molecule has 0 aromatic heterocycles. The lowest BCUT2D eigenvalue weighted by Crippen LogP contribution is -2.32. The molecule has 0 heterocycles. The molecule has 0 saturated carbocycles. The Labute approximate surface area is 83.1 Å². The normalized spacial score (nSPS) is 15.9. The molecule has 0 amide bonds. The van der Waals surface area contributed by atoms with Gasteiger partial charge in [0.05, 0.1) is 0 Å². The zero-order valence-corrected chi connectivity index (χ0v) is 8.73. The molecule has 0 bridgehead atoms. The van der Waals surface area contributed by atoms with Gasteiger partial charge in [0.25, 0.3) is 0 Å². The topological polar surface area (TPSA) is 77.4 Å². The van der Waals surface area contributed by atoms with Crippen molar-refractivity contribution in [3.63, 3.8) is 0 Å². The van der Waals surface area contributed by atoms with Crippen LogP contribution in [0.4, 0.5) is 0 Å². The van der Waals surface area contributed by atoms with Crippen LogP contribution in [0.5, 0.6) is 0 Å². The molecular formula is C8H18O6. The summed E-state index contributed by atoms with van der Waals surface area (Å²) in [4.78, 5) is 16.9. The van der Waals surface area contributed by atoms with Gasteiger partial charge in [-0.05, 0) is 19.3 Å². The quantitative estimate of drug-likeness (QED) is 0.276. The van der Waals surface area contributed by atoms with Gasteiger partial charge in [0, 0.05) is 6.42 Å². The van der Waals surface area contributed by atoms with E-state index in [4.69, 9.17) is 15.4 Å². The lowest BCUT2D eigenvalue weighted by Gasteiger charge is -2.24. The van der Waals surface area contributed by atoms with Crippen LogP contribution in [0.25, 0.3) is 0 Å². The molecule has 0 saturated heterocycles. The van der Waals surface area contributed by atoms with E-state index in [1.807, 2.05) is 13.8 Å². The summed E-state index contributed by atoms with van der Waals surface area (Å²) in [6.45, 7) is 5.15. The second-order valence-corrected chi connectivity index (χ2v) is 3.61. The van der Waals surface area contributed by atoms with Gasteiger partial charge >= 0.3 is 0 Å². The predicted molar refractivity (Wildman–Crippen MR) is 46.9 cm³/mol. The van der Waals surface area contributed by atoms with Crippen molar-refractivity contribution in [2.75, 3.05) is 6.79 Å². The van der Waals surface area contributed by atoms with Crippen molar-refractivity contribution in [1.29, 1.82) is 0 Å². The van der Waals surface area contributed by atoms with E-state index >= 15 is 0 Å². The number of hydrogen-bond acceptors (Lipinski definition) is 6. The Kier molecular flexibility index (Phi) is 6.98. The summed E-state index contributed by atoms with van der Waals surface area (Å²) < 4.78 is 0. The zero-order valence-electron chi connectivity index (χ0n) is 8.73. The first-order chi connectivity index (χ1) is 6.54. The van der Waals surface area contributed by atoms with Crippen LogP contribution >= 0.6 is 0 Å². The average molecular weight is 210 g/mol. The minimum atomic E-state index is -1.23. The van der Waals surface area contributed by atoms with Crippen molar-refractivity contribution in [3.05, 3.63) is 0 Å². The highest BCUT2D eigenvalue weighted by atomic mass is 17.3. The summed E-state index contributed by atoms with van der Waals surface area (Å²) in [5, 5.41) is 16.5. The standard InChI is InChI=1S/C8H18O6/c1-7(2)4-5-8(3,13-10)14-12-6-11-9/h7,9-10H,4-6H2,1-3H3. The fourth-order valence-corrected chi connectivity index (χ4v) is 0.824. The van der Waals surface area contributed by atoms with E-state index in [0.717, 1.165) is 6.42 Å². The van der Waals surface area contributed by atoms with Gasteiger partial charge < -0.3 is 0 Å². The molecular weight excluding hydrogens is 192 g/mol. The van der Waals surface area contributed by atoms with Crippen LogP contribution in [-0.2, 0) is 19.6 Å². The summed E-state index contributed by atoms with van der Waals surface area (Å²) in [5.41, 5.74) is 0. The van der Waals surface area contributed by atoms with Crippen molar-refractivity contribution < 1.29 is 30.1 Å². The molecule has 1 atom stereocenters. The fourth-order valence-electron chi connectivity index (χ4n) is 0.824. The van der Waals surface area contributed by atoms with Gasteiger partial charge in [-0.3, -0.25) is 0 Å². The van der Waals surface area contributed by atoms with Crippen LogP contribution in [0.2, 0.25) is 0 Å². The maximum atomic E-state index is 8.59. The van der Waals surface area contributed by atoms with Crippen LogP contribution in [0.1, 0.15) is 33.6 Å². The first-order valence-electron chi connectivity index (χ1n) is 4.43. The molecule has 0 aliphatic rings. The van der Waals surface area contributed by atoms with Crippen LogP contribution in [-0.4, -0.2) is 23.1 Å². The molecule has 0 radical (unpaired) electrons. The molecule has 86 valence electrons. The highest BCUT2D eigenvalue weighted by Crippen LogP contribution is 2.21. The predicted octanol–water partition coefficient (Wildman–Crippen LogP) is 2.02. The first kappa shape index (κ1) is 13.8. The van der Waals surface area contributed by atoms with Gasteiger partial charge in [0.15, 0.2) is 0 Å². The van der Waals surface area contributed by atoms with E-state index < -0.39 is 12.6 Å². The monoisotopic (exact) mass is 210 g/mol. The maximum Gasteiger partial charge on any atom is 0.231 e. The molecule has 6 nitrogen and oxygen atoms in total. The minimum Gasteiger partial charge on any atom is -0.249 e. The molecule has 0 fully saturated rings. The molecule has 0 rings (SSSR count). The second-order valence-electron chi connectivity index (χ2n) is 3.61. The van der Waals surface area contributed by atoms with Crippen LogP contribution in [0.15, 0.2) is 0 Å². The van der Waals surface area contributed by atoms with Crippen molar-refractivity contribution in [3.8, 4) is 0 Å². The Morgan fingerprint density at radius 2 is 1.93 bits per heavy atom. The molecule has 1 unspecified atom stereocenters. The number of rotatable bonds is 8. The molecule has 0 aromatic rings. The van der Waals surface area contributed by atoms with E-state index in [-0.39, 0.29) is 0 Å². The van der Waals surface area contributed by atoms with Gasteiger partial charge in [0.2, 0.25) is 12.6 Å². The number of hydrogen-bond donors (Lipinski definition) is 2. The molecule has 6 heteroatoms. The third-order valence-electron chi connectivity index (χ3n) is 1.70. The zero-order chi connectivity index (χ0) is 11.0. The Hall–Kier alpha value is -0.240. The van der Waals surface area contributed by atoms with Crippen molar-refractivity contribution in [2.45, 2.75) is 39.4 Å². The summed E-state index contributed by atoms with van der Waals surface area (Å²) in [5.74, 6) is -0.773.